The van der Waals surface area contributed by atoms with Gasteiger partial charge >= 0.3 is 0 Å². The minimum atomic E-state index is 0.915. The highest BCUT2D eigenvalue weighted by Crippen LogP contribution is 2.28. The van der Waals surface area contributed by atoms with Gasteiger partial charge < -0.3 is 4.74 Å². The summed E-state index contributed by atoms with van der Waals surface area (Å²) >= 11 is 0. The van der Waals surface area contributed by atoms with Crippen molar-refractivity contribution in [2.24, 2.45) is 5.92 Å². The molecule has 0 aromatic rings. The van der Waals surface area contributed by atoms with Crippen molar-refractivity contribution in [2.45, 2.75) is 6.42 Å². The fraction of sp³-hybridized carbons (Fsp3) is 0.875. The predicted octanol–water partition coefficient (Wildman–Crippen LogP) is 0.543. The van der Waals surface area contributed by atoms with Gasteiger partial charge in [-0.05, 0) is 18.8 Å². The first-order valence-electron chi connectivity index (χ1n) is 4.08. The molecule has 1 atom stereocenters. The summed E-state index contributed by atoms with van der Waals surface area (Å²) in [5.41, 5.74) is 0. The van der Waals surface area contributed by atoms with Crippen LogP contribution in [0.15, 0.2) is 0 Å². The van der Waals surface area contributed by atoms with Gasteiger partial charge in [0.2, 0.25) is 0 Å². The molecule has 1 saturated heterocycles. The van der Waals surface area contributed by atoms with Gasteiger partial charge in [-0.3, -0.25) is 4.90 Å². The average molecular weight is 140 g/mol. The van der Waals surface area contributed by atoms with Crippen LogP contribution >= 0.6 is 0 Å². The van der Waals surface area contributed by atoms with E-state index >= 15 is 0 Å². The Balaban J connectivity index is 1.69. The van der Waals surface area contributed by atoms with Crippen LogP contribution in [0.4, 0.5) is 0 Å². The summed E-state index contributed by atoms with van der Waals surface area (Å²) in [6, 6.07) is 0. The third-order valence-corrected chi connectivity index (χ3v) is 2.17. The highest BCUT2D eigenvalue weighted by atomic mass is 16.5. The third-order valence-electron chi connectivity index (χ3n) is 2.17. The molecule has 1 aliphatic heterocycles. The molecule has 2 fully saturated rings. The van der Waals surface area contributed by atoms with Crippen molar-refractivity contribution < 1.29 is 4.74 Å². The summed E-state index contributed by atoms with van der Waals surface area (Å²) in [6.07, 6.45) is 3.73. The standard InChI is InChI=1S/C8H14NO/c1-2-8(1)7-9-3-5-10-6-4-9/h1,8H,2-7H2/t8-/m0/s1. The number of rotatable bonds is 2. The van der Waals surface area contributed by atoms with Crippen molar-refractivity contribution in [3.8, 4) is 0 Å². The van der Waals surface area contributed by atoms with Gasteiger partial charge in [-0.1, -0.05) is 0 Å². The SMILES string of the molecule is [CH]1C[C@H]1CN1CCOCC1. The monoisotopic (exact) mass is 140 g/mol. The number of hydrogen-bond acceptors (Lipinski definition) is 2. The maximum absolute atomic E-state index is 5.25. The number of nitrogens with zero attached hydrogens (tertiary/aromatic N) is 1. The van der Waals surface area contributed by atoms with E-state index in [1.165, 1.54) is 13.0 Å². The first-order chi connectivity index (χ1) is 4.95. The molecule has 0 aromatic carbocycles. The van der Waals surface area contributed by atoms with Gasteiger partial charge in [0, 0.05) is 19.6 Å². The van der Waals surface area contributed by atoms with Gasteiger partial charge in [0.25, 0.3) is 0 Å². The van der Waals surface area contributed by atoms with Crippen LogP contribution in [0.25, 0.3) is 0 Å². The molecule has 1 aliphatic carbocycles. The summed E-state index contributed by atoms with van der Waals surface area (Å²) in [7, 11) is 0. The first-order valence-corrected chi connectivity index (χ1v) is 4.08. The van der Waals surface area contributed by atoms with Crippen molar-refractivity contribution in [3.63, 3.8) is 0 Å². The Morgan fingerprint density at radius 1 is 1.40 bits per heavy atom. The third kappa shape index (κ3) is 1.70. The van der Waals surface area contributed by atoms with Crippen molar-refractivity contribution in [3.05, 3.63) is 6.42 Å². The van der Waals surface area contributed by atoms with E-state index in [0.29, 0.717) is 0 Å². The fourth-order valence-corrected chi connectivity index (χ4v) is 1.36. The average Bonchev–Trinajstić information content (AvgIpc) is 2.74. The molecule has 0 amide bonds. The van der Waals surface area contributed by atoms with E-state index in [0.717, 1.165) is 32.2 Å². The molecule has 0 unspecified atom stereocenters. The molecule has 0 spiro atoms. The molecule has 2 aliphatic rings. The lowest BCUT2D eigenvalue weighted by atomic mass is 10.3. The van der Waals surface area contributed by atoms with Crippen LogP contribution < -0.4 is 0 Å². The van der Waals surface area contributed by atoms with Crippen LogP contribution in [-0.4, -0.2) is 37.7 Å². The maximum Gasteiger partial charge on any atom is 0.0594 e. The molecule has 0 aromatic heterocycles. The lowest BCUT2D eigenvalue weighted by Crippen LogP contribution is -2.37. The van der Waals surface area contributed by atoms with Crippen molar-refractivity contribution in [2.75, 3.05) is 32.8 Å². The first kappa shape index (κ1) is 6.62. The van der Waals surface area contributed by atoms with Crippen LogP contribution in [0.2, 0.25) is 0 Å². The van der Waals surface area contributed by atoms with Crippen LogP contribution in [0.5, 0.6) is 0 Å². The van der Waals surface area contributed by atoms with Crippen molar-refractivity contribution in [1.82, 2.24) is 4.90 Å². The molecule has 57 valence electrons. The van der Waals surface area contributed by atoms with E-state index in [9.17, 15) is 0 Å². The van der Waals surface area contributed by atoms with Gasteiger partial charge in [-0.15, -0.1) is 0 Å². The van der Waals surface area contributed by atoms with Crippen molar-refractivity contribution >= 4 is 0 Å². The van der Waals surface area contributed by atoms with E-state index in [1.54, 1.807) is 0 Å². The van der Waals surface area contributed by atoms with Gasteiger partial charge in [0.05, 0.1) is 13.2 Å². The largest absolute Gasteiger partial charge is 0.379 e. The Morgan fingerprint density at radius 2 is 2.10 bits per heavy atom. The van der Waals surface area contributed by atoms with Crippen LogP contribution in [0, 0.1) is 12.3 Å². The number of morpholine rings is 1. The van der Waals surface area contributed by atoms with Crippen LogP contribution in [-0.2, 0) is 4.74 Å². The summed E-state index contributed by atoms with van der Waals surface area (Å²) in [5.74, 6) is 0.915. The quantitative estimate of drug-likeness (QED) is 0.555. The Hall–Kier alpha value is -0.0800. The Morgan fingerprint density at radius 3 is 2.70 bits per heavy atom. The van der Waals surface area contributed by atoms with E-state index in [2.05, 4.69) is 11.3 Å². The zero-order valence-electron chi connectivity index (χ0n) is 6.25. The van der Waals surface area contributed by atoms with Gasteiger partial charge in [-0.25, -0.2) is 0 Å². The van der Waals surface area contributed by atoms with E-state index in [4.69, 9.17) is 4.74 Å². The lowest BCUT2D eigenvalue weighted by Gasteiger charge is -2.26. The second-order valence-electron chi connectivity index (χ2n) is 3.14. The van der Waals surface area contributed by atoms with Crippen LogP contribution in [0.1, 0.15) is 6.42 Å². The minimum absolute atomic E-state index is 0.915. The van der Waals surface area contributed by atoms with Gasteiger partial charge in [0.15, 0.2) is 0 Å². The number of hydrogen-bond donors (Lipinski definition) is 0. The lowest BCUT2D eigenvalue weighted by molar-refractivity contribution is 0.0363. The Bertz CT molecular complexity index is 106. The molecule has 1 heterocycles. The highest BCUT2D eigenvalue weighted by molar-refractivity contribution is 4.96. The molecule has 1 saturated carbocycles. The molecule has 0 N–H and O–H groups in total. The summed E-state index contributed by atoms with van der Waals surface area (Å²) in [6.45, 7) is 5.44. The molecular formula is C8H14NO. The topological polar surface area (TPSA) is 12.5 Å². The summed E-state index contributed by atoms with van der Waals surface area (Å²) in [4.78, 5) is 2.50. The second kappa shape index (κ2) is 2.89. The molecule has 0 bridgehead atoms. The second-order valence-corrected chi connectivity index (χ2v) is 3.14. The van der Waals surface area contributed by atoms with Gasteiger partial charge in [-0.2, -0.15) is 0 Å². The highest BCUT2D eigenvalue weighted by Gasteiger charge is 2.25. The molecule has 2 rings (SSSR count). The normalized spacial score (nSPS) is 28.8. The van der Waals surface area contributed by atoms with Crippen LogP contribution in [0.3, 0.4) is 0 Å². The van der Waals surface area contributed by atoms with E-state index in [1.807, 2.05) is 0 Å². The summed E-state index contributed by atoms with van der Waals surface area (Å²) in [5, 5.41) is 0. The Labute approximate surface area is 62.2 Å². The van der Waals surface area contributed by atoms with Gasteiger partial charge in [0.1, 0.15) is 0 Å². The van der Waals surface area contributed by atoms with Crippen molar-refractivity contribution in [1.29, 1.82) is 0 Å². The fourth-order valence-electron chi connectivity index (χ4n) is 1.36. The molecular weight excluding hydrogens is 126 g/mol. The molecule has 10 heavy (non-hydrogen) atoms. The molecule has 1 radical (unpaired) electrons. The molecule has 2 heteroatoms. The number of ether oxygens (including phenoxy) is 1. The molecule has 2 nitrogen and oxygen atoms in total. The summed E-state index contributed by atoms with van der Waals surface area (Å²) < 4.78 is 5.25. The minimum Gasteiger partial charge on any atom is -0.379 e. The smallest absolute Gasteiger partial charge is 0.0594 e. The van der Waals surface area contributed by atoms with E-state index in [-0.39, 0.29) is 0 Å². The Kier molecular flexibility index (Phi) is 1.91. The van der Waals surface area contributed by atoms with E-state index < -0.39 is 0 Å². The zero-order chi connectivity index (χ0) is 6.81. The predicted molar refractivity (Wildman–Crippen MR) is 39.7 cm³/mol. The maximum atomic E-state index is 5.25. The zero-order valence-corrected chi connectivity index (χ0v) is 6.25.